The van der Waals surface area contributed by atoms with E-state index in [1.165, 1.54) is 86.9 Å². The molecule has 0 N–H and O–H groups in total. The average molecular weight is 734 g/mol. The Morgan fingerprint density at radius 2 is 0.804 bits per heavy atom. The van der Waals surface area contributed by atoms with Crippen molar-refractivity contribution in [1.82, 2.24) is 0 Å². The van der Waals surface area contributed by atoms with Gasteiger partial charge in [0.1, 0.15) is 11.3 Å². The van der Waals surface area contributed by atoms with E-state index in [2.05, 4.69) is 187 Å². The number of fused-ring (bicyclic) bond motifs is 6. The highest BCUT2D eigenvalue weighted by Gasteiger charge is 2.16. The SMILES string of the molecule is C1=NCCc2oc3ccc(-c4cccc(-c5cccc(-c6cccc(-c7cccc(-c8cccc(-c9ccc%10sc%11ccccc%11c%10c9)c8)c7)c6)c5)c4)cc3c21. The summed E-state index contributed by atoms with van der Waals surface area (Å²) in [5.41, 5.74) is 16.5. The molecule has 1 aliphatic heterocycles. The van der Waals surface area contributed by atoms with E-state index < -0.39 is 0 Å². The van der Waals surface area contributed by atoms with Crippen molar-refractivity contribution in [2.45, 2.75) is 6.42 Å². The van der Waals surface area contributed by atoms with Gasteiger partial charge in [0.2, 0.25) is 0 Å². The topological polar surface area (TPSA) is 25.5 Å². The van der Waals surface area contributed by atoms with Crippen LogP contribution in [-0.4, -0.2) is 12.8 Å². The van der Waals surface area contributed by atoms with Crippen molar-refractivity contribution < 1.29 is 4.42 Å². The van der Waals surface area contributed by atoms with Crippen LogP contribution in [0, 0.1) is 0 Å². The van der Waals surface area contributed by atoms with Crippen molar-refractivity contribution in [3.8, 4) is 66.8 Å². The molecular formula is C53H35NOS. The number of rotatable bonds is 6. The van der Waals surface area contributed by atoms with Gasteiger partial charge in [-0.2, -0.15) is 0 Å². The number of benzene rings is 8. The maximum atomic E-state index is 6.14. The van der Waals surface area contributed by atoms with Crippen LogP contribution in [0.5, 0.6) is 0 Å². The van der Waals surface area contributed by atoms with E-state index in [1.807, 2.05) is 17.6 Å². The van der Waals surface area contributed by atoms with Crippen molar-refractivity contribution in [2.75, 3.05) is 6.54 Å². The Bertz CT molecular complexity index is 3160. The molecule has 0 spiro atoms. The smallest absolute Gasteiger partial charge is 0.135 e. The number of aliphatic imine (C=N–C) groups is 1. The summed E-state index contributed by atoms with van der Waals surface area (Å²) in [6.07, 6.45) is 2.83. The molecule has 0 amide bonds. The molecule has 0 unspecified atom stereocenters. The number of nitrogens with zero attached hydrogens (tertiary/aromatic N) is 1. The van der Waals surface area contributed by atoms with Crippen molar-refractivity contribution in [1.29, 1.82) is 0 Å². The molecule has 2 aromatic heterocycles. The fourth-order valence-corrected chi connectivity index (χ4v) is 9.38. The number of thiophene rings is 1. The van der Waals surface area contributed by atoms with Gasteiger partial charge in [-0.1, -0.05) is 121 Å². The lowest BCUT2D eigenvalue weighted by atomic mass is 9.93. The number of hydrogen-bond acceptors (Lipinski definition) is 3. The van der Waals surface area contributed by atoms with Gasteiger partial charge in [0.15, 0.2) is 0 Å². The first-order chi connectivity index (χ1) is 27.7. The molecule has 0 atom stereocenters. The second-order valence-electron chi connectivity index (χ2n) is 14.6. The maximum absolute atomic E-state index is 6.14. The van der Waals surface area contributed by atoms with Crippen LogP contribution < -0.4 is 0 Å². The van der Waals surface area contributed by atoms with E-state index in [9.17, 15) is 0 Å². The molecule has 0 aliphatic carbocycles. The summed E-state index contributed by atoms with van der Waals surface area (Å²) in [6.45, 7) is 0.792. The summed E-state index contributed by atoms with van der Waals surface area (Å²) in [4.78, 5) is 4.51. The van der Waals surface area contributed by atoms with Crippen molar-refractivity contribution in [3.63, 3.8) is 0 Å². The fourth-order valence-electron chi connectivity index (χ4n) is 8.29. The first kappa shape index (κ1) is 32.6. The van der Waals surface area contributed by atoms with Crippen LogP contribution in [0.1, 0.15) is 11.3 Å². The summed E-state index contributed by atoms with van der Waals surface area (Å²) in [6, 6.07) is 66.6. The average Bonchev–Trinajstić information content (AvgIpc) is 3.84. The summed E-state index contributed by atoms with van der Waals surface area (Å²) >= 11 is 1.86. The van der Waals surface area contributed by atoms with Gasteiger partial charge in [-0.05, 0) is 127 Å². The second kappa shape index (κ2) is 13.5. The molecule has 0 fully saturated rings. The molecule has 0 bridgehead atoms. The molecule has 56 heavy (non-hydrogen) atoms. The van der Waals surface area contributed by atoms with Gasteiger partial charge in [-0.25, -0.2) is 0 Å². The lowest BCUT2D eigenvalue weighted by molar-refractivity contribution is 0.547. The van der Waals surface area contributed by atoms with Crippen LogP contribution in [0.2, 0.25) is 0 Å². The Morgan fingerprint density at radius 3 is 1.32 bits per heavy atom. The van der Waals surface area contributed by atoms with E-state index in [0.29, 0.717) is 0 Å². The zero-order valence-electron chi connectivity index (χ0n) is 30.6. The van der Waals surface area contributed by atoms with Gasteiger partial charge in [0.25, 0.3) is 0 Å². The van der Waals surface area contributed by atoms with Gasteiger partial charge >= 0.3 is 0 Å². The predicted octanol–water partition coefficient (Wildman–Crippen LogP) is 14.8. The molecule has 1 aliphatic rings. The van der Waals surface area contributed by atoms with E-state index in [1.54, 1.807) is 0 Å². The van der Waals surface area contributed by atoms with E-state index in [0.717, 1.165) is 35.3 Å². The second-order valence-corrected chi connectivity index (χ2v) is 15.7. The van der Waals surface area contributed by atoms with Gasteiger partial charge < -0.3 is 4.42 Å². The van der Waals surface area contributed by atoms with Crippen LogP contribution in [0.4, 0.5) is 0 Å². The summed E-state index contributed by atoms with van der Waals surface area (Å²) in [5, 5.41) is 3.79. The first-order valence-electron chi connectivity index (χ1n) is 19.2. The fraction of sp³-hybridized carbons (Fsp3) is 0.0377. The van der Waals surface area contributed by atoms with E-state index in [4.69, 9.17) is 4.42 Å². The minimum atomic E-state index is 0.792. The van der Waals surface area contributed by atoms with Crippen molar-refractivity contribution in [2.24, 2.45) is 4.99 Å². The van der Waals surface area contributed by atoms with Gasteiger partial charge in [-0.3, -0.25) is 4.99 Å². The minimum absolute atomic E-state index is 0.792. The lowest BCUT2D eigenvalue weighted by Gasteiger charge is -2.11. The third-order valence-corrected chi connectivity index (χ3v) is 12.3. The molecule has 0 saturated heterocycles. The van der Waals surface area contributed by atoms with Crippen LogP contribution in [0.25, 0.3) is 97.9 Å². The van der Waals surface area contributed by atoms with Crippen molar-refractivity contribution in [3.05, 3.63) is 193 Å². The Kier molecular flexibility index (Phi) is 7.85. The molecule has 3 heteroatoms. The van der Waals surface area contributed by atoms with Crippen LogP contribution >= 0.6 is 11.3 Å². The summed E-state index contributed by atoms with van der Waals surface area (Å²) in [7, 11) is 0. The zero-order valence-corrected chi connectivity index (χ0v) is 31.4. The maximum Gasteiger partial charge on any atom is 0.135 e. The third kappa shape index (κ3) is 5.85. The standard InChI is InChI=1S/C53H35NOS/c1-2-19-52-46(18-1)48-32-45(21-23-53(48)56-52)43-17-7-15-41(30-43)39-13-5-11-37(28-39)35-9-3-8-34(26-35)36-10-4-12-38(27-36)40-14-6-16-42(29-40)44-20-22-50-47(31-44)49-33-54-25-24-51(49)55-50/h1-23,26-33H,24-25H2. The van der Waals surface area contributed by atoms with Gasteiger partial charge in [0, 0.05) is 50.3 Å². The molecule has 0 radical (unpaired) electrons. The molecule has 2 nitrogen and oxygen atoms in total. The van der Waals surface area contributed by atoms with Gasteiger partial charge in [0.05, 0.1) is 0 Å². The summed E-state index contributed by atoms with van der Waals surface area (Å²) < 4.78 is 8.80. The monoisotopic (exact) mass is 733 g/mol. The first-order valence-corrected chi connectivity index (χ1v) is 20.0. The highest BCUT2D eigenvalue weighted by atomic mass is 32.1. The molecular weight excluding hydrogens is 699 g/mol. The Morgan fingerprint density at radius 1 is 0.375 bits per heavy atom. The highest BCUT2D eigenvalue weighted by Crippen LogP contribution is 2.38. The zero-order chi connectivity index (χ0) is 37.0. The molecule has 264 valence electrons. The minimum Gasteiger partial charge on any atom is -0.460 e. The van der Waals surface area contributed by atoms with Crippen LogP contribution in [-0.2, 0) is 6.42 Å². The molecule has 0 saturated carbocycles. The summed E-state index contributed by atoms with van der Waals surface area (Å²) in [5.74, 6) is 1.04. The predicted molar refractivity (Wildman–Crippen MR) is 238 cm³/mol. The quantitative estimate of drug-likeness (QED) is 0.167. The highest BCUT2D eigenvalue weighted by molar-refractivity contribution is 7.25. The van der Waals surface area contributed by atoms with Gasteiger partial charge in [-0.15, -0.1) is 11.3 Å². The number of furan rings is 1. The third-order valence-electron chi connectivity index (χ3n) is 11.2. The Hall–Kier alpha value is -6.81. The molecule has 8 aromatic carbocycles. The molecule has 3 heterocycles. The van der Waals surface area contributed by atoms with E-state index >= 15 is 0 Å². The van der Waals surface area contributed by atoms with Crippen LogP contribution in [0.15, 0.2) is 191 Å². The molecule has 10 aromatic rings. The number of hydrogen-bond donors (Lipinski definition) is 0. The van der Waals surface area contributed by atoms with Crippen molar-refractivity contribution >= 4 is 48.7 Å². The largest absolute Gasteiger partial charge is 0.460 e. The molecule has 11 rings (SSSR count). The Balaban J connectivity index is 0.882. The lowest BCUT2D eigenvalue weighted by Crippen LogP contribution is -1.98. The van der Waals surface area contributed by atoms with E-state index in [-0.39, 0.29) is 0 Å². The Labute approximate surface area is 329 Å². The van der Waals surface area contributed by atoms with Crippen LogP contribution in [0.3, 0.4) is 0 Å². The normalized spacial score (nSPS) is 12.4.